The summed E-state index contributed by atoms with van der Waals surface area (Å²) in [6.45, 7) is 0. The van der Waals surface area contributed by atoms with Gasteiger partial charge in [0.25, 0.3) is 5.91 Å². The molecule has 2 aromatic carbocycles. The van der Waals surface area contributed by atoms with Gasteiger partial charge in [-0.05, 0) is 30.3 Å². The van der Waals surface area contributed by atoms with Crippen molar-refractivity contribution in [2.45, 2.75) is 0 Å². The molecule has 0 atom stereocenters. The normalized spacial score (nSPS) is 10.4. The van der Waals surface area contributed by atoms with Crippen molar-refractivity contribution in [3.63, 3.8) is 0 Å². The minimum Gasteiger partial charge on any atom is -0.493 e. The Labute approximate surface area is 147 Å². The number of benzene rings is 2. The first-order valence-electron chi connectivity index (χ1n) is 7.24. The van der Waals surface area contributed by atoms with Crippen LogP contribution in [0.2, 0.25) is 0 Å². The molecule has 8 heteroatoms. The molecule has 1 heterocycles. The molecule has 0 bridgehead atoms. The van der Waals surface area contributed by atoms with Gasteiger partial charge in [0, 0.05) is 17.1 Å². The van der Waals surface area contributed by atoms with Crippen molar-refractivity contribution >= 4 is 22.6 Å². The molecule has 0 unspecified atom stereocenters. The lowest BCUT2D eigenvalue weighted by Crippen LogP contribution is -2.13. The number of hydrogen-bond acceptors (Lipinski definition) is 6. The van der Waals surface area contributed by atoms with Gasteiger partial charge >= 0.3 is 0 Å². The van der Waals surface area contributed by atoms with Gasteiger partial charge in [-0.15, -0.1) is 0 Å². The van der Waals surface area contributed by atoms with E-state index in [1.807, 2.05) is 0 Å². The summed E-state index contributed by atoms with van der Waals surface area (Å²) in [6, 6.07) is 11.0. The molecule has 0 aliphatic carbocycles. The summed E-state index contributed by atoms with van der Waals surface area (Å²) in [5, 5.41) is 2.83. The third-order valence-corrected chi connectivity index (χ3v) is 4.04. The van der Waals surface area contributed by atoms with E-state index in [9.17, 15) is 9.18 Å². The van der Waals surface area contributed by atoms with Crippen LogP contribution in [-0.2, 0) is 0 Å². The van der Waals surface area contributed by atoms with E-state index in [0.717, 1.165) is 11.5 Å². The van der Waals surface area contributed by atoms with Crippen molar-refractivity contribution in [2.24, 2.45) is 0 Å². The van der Waals surface area contributed by atoms with Gasteiger partial charge in [0.05, 0.1) is 19.8 Å². The standard InChI is InChI=1S/C17H14FN3O3S/c1-23-13-8-7-10(9-14(13)24-2)15-19-17(25-21-15)20-16(22)11-5-3-4-6-12(11)18/h3-9H,1-2H3,(H,19,20,21,22). The molecule has 1 aromatic heterocycles. The fraction of sp³-hybridized carbons (Fsp3) is 0.118. The molecular formula is C17H14FN3O3S. The Morgan fingerprint density at radius 3 is 2.60 bits per heavy atom. The zero-order valence-corrected chi connectivity index (χ0v) is 14.3. The van der Waals surface area contributed by atoms with Crippen LogP contribution < -0.4 is 14.8 Å². The number of hydrogen-bond donors (Lipinski definition) is 1. The van der Waals surface area contributed by atoms with Crippen molar-refractivity contribution in [3.05, 3.63) is 53.8 Å². The summed E-state index contributed by atoms with van der Waals surface area (Å²) < 4.78 is 28.3. The maximum Gasteiger partial charge on any atom is 0.260 e. The van der Waals surface area contributed by atoms with E-state index in [2.05, 4.69) is 14.7 Å². The minimum atomic E-state index is -0.593. The SMILES string of the molecule is COc1ccc(-c2nsc(NC(=O)c3ccccc3F)n2)cc1OC. The van der Waals surface area contributed by atoms with Gasteiger partial charge in [-0.1, -0.05) is 12.1 Å². The Balaban J connectivity index is 1.81. The molecule has 1 amide bonds. The van der Waals surface area contributed by atoms with Crippen LogP contribution in [-0.4, -0.2) is 29.5 Å². The second-order valence-corrected chi connectivity index (χ2v) is 5.68. The Bertz CT molecular complexity index is 914. The Hall–Kier alpha value is -3.00. The maximum absolute atomic E-state index is 13.6. The maximum atomic E-state index is 13.6. The number of methoxy groups -OCH3 is 2. The Kier molecular flexibility index (Phi) is 4.90. The highest BCUT2D eigenvalue weighted by molar-refractivity contribution is 7.10. The molecule has 0 fully saturated rings. The fourth-order valence-electron chi connectivity index (χ4n) is 2.18. The lowest BCUT2D eigenvalue weighted by Gasteiger charge is -2.07. The second kappa shape index (κ2) is 7.27. The Morgan fingerprint density at radius 2 is 1.88 bits per heavy atom. The van der Waals surface area contributed by atoms with Gasteiger partial charge < -0.3 is 9.47 Å². The van der Waals surface area contributed by atoms with Crippen LogP contribution in [0.25, 0.3) is 11.4 Å². The average Bonchev–Trinajstić information content (AvgIpc) is 3.09. The van der Waals surface area contributed by atoms with E-state index in [0.29, 0.717) is 22.9 Å². The number of ether oxygens (including phenoxy) is 2. The van der Waals surface area contributed by atoms with Crippen LogP contribution in [0.3, 0.4) is 0 Å². The number of nitrogens with one attached hydrogen (secondary N) is 1. The number of halogens is 1. The van der Waals surface area contributed by atoms with E-state index < -0.39 is 11.7 Å². The Morgan fingerprint density at radius 1 is 1.12 bits per heavy atom. The molecule has 3 aromatic rings. The summed E-state index contributed by atoms with van der Waals surface area (Å²) in [6.07, 6.45) is 0. The van der Waals surface area contributed by atoms with E-state index in [4.69, 9.17) is 9.47 Å². The molecule has 128 valence electrons. The number of aromatic nitrogens is 2. The highest BCUT2D eigenvalue weighted by Crippen LogP contribution is 2.32. The smallest absolute Gasteiger partial charge is 0.260 e. The third-order valence-electron chi connectivity index (χ3n) is 3.41. The van der Waals surface area contributed by atoms with Gasteiger partial charge in [-0.25, -0.2) is 4.39 Å². The van der Waals surface area contributed by atoms with Crippen LogP contribution in [0, 0.1) is 5.82 Å². The zero-order valence-electron chi connectivity index (χ0n) is 13.4. The van der Waals surface area contributed by atoms with E-state index in [1.54, 1.807) is 31.4 Å². The molecule has 25 heavy (non-hydrogen) atoms. The second-order valence-electron chi connectivity index (χ2n) is 4.93. The quantitative estimate of drug-likeness (QED) is 0.753. The fourth-order valence-corrected chi connectivity index (χ4v) is 2.76. The zero-order chi connectivity index (χ0) is 17.8. The van der Waals surface area contributed by atoms with Crippen LogP contribution in [0.1, 0.15) is 10.4 Å². The lowest BCUT2D eigenvalue weighted by atomic mass is 10.2. The molecule has 0 aliphatic rings. The van der Waals surface area contributed by atoms with Crippen LogP contribution in [0.4, 0.5) is 9.52 Å². The summed E-state index contributed by atoms with van der Waals surface area (Å²) in [4.78, 5) is 16.4. The number of carbonyl (C=O) groups excluding carboxylic acids is 1. The average molecular weight is 359 g/mol. The van der Waals surface area contributed by atoms with Crippen LogP contribution in [0.15, 0.2) is 42.5 Å². The first-order chi connectivity index (χ1) is 12.1. The van der Waals surface area contributed by atoms with Crippen molar-refractivity contribution in [3.8, 4) is 22.9 Å². The number of rotatable bonds is 5. The summed E-state index contributed by atoms with van der Waals surface area (Å²) >= 11 is 1.01. The molecule has 3 rings (SSSR count). The van der Waals surface area contributed by atoms with Gasteiger partial charge in [-0.3, -0.25) is 10.1 Å². The van der Waals surface area contributed by atoms with E-state index in [1.165, 1.54) is 25.3 Å². The number of nitrogens with zero attached hydrogens (tertiary/aromatic N) is 2. The van der Waals surface area contributed by atoms with Gasteiger partial charge in [0.15, 0.2) is 17.3 Å². The predicted octanol–water partition coefficient (Wildman–Crippen LogP) is 3.61. The van der Waals surface area contributed by atoms with Crippen LogP contribution in [0.5, 0.6) is 11.5 Å². The molecule has 0 saturated carbocycles. The number of anilines is 1. The summed E-state index contributed by atoms with van der Waals surface area (Å²) in [5.41, 5.74) is 0.658. The van der Waals surface area contributed by atoms with Crippen molar-refractivity contribution in [1.29, 1.82) is 0 Å². The minimum absolute atomic E-state index is 0.0506. The van der Waals surface area contributed by atoms with Gasteiger partial charge in [0.1, 0.15) is 5.82 Å². The van der Waals surface area contributed by atoms with Crippen molar-refractivity contribution in [1.82, 2.24) is 9.36 Å². The lowest BCUT2D eigenvalue weighted by molar-refractivity contribution is 0.102. The van der Waals surface area contributed by atoms with E-state index in [-0.39, 0.29) is 10.7 Å². The highest BCUT2D eigenvalue weighted by Gasteiger charge is 2.15. The summed E-state index contributed by atoms with van der Waals surface area (Å²) in [5.74, 6) is 0.397. The predicted molar refractivity (Wildman–Crippen MR) is 92.8 cm³/mol. The van der Waals surface area contributed by atoms with Crippen molar-refractivity contribution < 1.29 is 18.7 Å². The number of amides is 1. The van der Waals surface area contributed by atoms with E-state index >= 15 is 0 Å². The largest absolute Gasteiger partial charge is 0.493 e. The monoisotopic (exact) mass is 359 g/mol. The number of carbonyl (C=O) groups is 1. The topological polar surface area (TPSA) is 73.3 Å². The first kappa shape index (κ1) is 16.8. The summed E-state index contributed by atoms with van der Waals surface area (Å²) in [7, 11) is 3.09. The molecule has 0 spiro atoms. The third kappa shape index (κ3) is 3.58. The highest BCUT2D eigenvalue weighted by atomic mass is 32.1. The first-order valence-corrected chi connectivity index (χ1v) is 8.01. The molecular weight excluding hydrogens is 345 g/mol. The molecule has 0 aliphatic heterocycles. The van der Waals surface area contributed by atoms with Crippen molar-refractivity contribution in [2.75, 3.05) is 19.5 Å². The van der Waals surface area contributed by atoms with Crippen LogP contribution >= 0.6 is 11.5 Å². The van der Waals surface area contributed by atoms with Gasteiger partial charge in [-0.2, -0.15) is 9.36 Å². The molecule has 0 radical (unpaired) electrons. The molecule has 0 saturated heterocycles. The van der Waals surface area contributed by atoms with Gasteiger partial charge in [0.2, 0.25) is 5.13 Å². The molecule has 6 nitrogen and oxygen atoms in total. The molecule has 1 N–H and O–H groups in total.